The van der Waals surface area contributed by atoms with Gasteiger partial charge in [0.15, 0.2) is 12.2 Å². The number of rotatable bonds is 11. The highest BCUT2D eigenvalue weighted by atomic mass is 16.5. The predicted octanol–water partition coefficient (Wildman–Crippen LogP) is 2.07. The first-order chi connectivity index (χ1) is 18.9. The number of hydrogen-bond donors (Lipinski definition) is 6. The van der Waals surface area contributed by atoms with Gasteiger partial charge in [-0.05, 0) is 41.5 Å². The standard InChI is InChI=1S/C20H24N2O8.C9H10/c23-15(17(19(25)21-27)29-11-13-7-3-1-4-8-13)16(24)18(20(26)22-28)30-12-14-9-5-2-6-10-14;1-2-5-9-7-3-6-8(9)4-1/h1-10,15-18,23-24,27-28H,11-12H2,(H,21,25)(H,22,26);1-2,4-5H,3,6-7H2. The van der Waals surface area contributed by atoms with Crippen LogP contribution in [0.15, 0.2) is 84.9 Å². The molecule has 4 rings (SSSR count). The number of hydrogen-bond acceptors (Lipinski definition) is 8. The van der Waals surface area contributed by atoms with E-state index < -0.39 is 36.2 Å². The minimum atomic E-state index is -1.97. The van der Waals surface area contributed by atoms with Gasteiger partial charge in [0.2, 0.25) is 0 Å². The van der Waals surface area contributed by atoms with Crippen molar-refractivity contribution in [2.45, 2.75) is 56.9 Å². The molecule has 1 aliphatic rings. The molecule has 0 spiro atoms. The fraction of sp³-hybridized carbons (Fsp3) is 0.310. The molecule has 6 N–H and O–H groups in total. The van der Waals surface area contributed by atoms with Gasteiger partial charge in [-0.2, -0.15) is 0 Å². The minimum absolute atomic E-state index is 0.121. The van der Waals surface area contributed by atoms with Crippen LogP contribution in [-0.2, 0) is 45.1 Å². The van der Waals surface area contributed by atoms with Crippen LogP contribution in [0.5, 0.6) is 0 Å². The van der Waals surface area contributed by atoms with Crippen molar-refractivity contribution in [1.82, 2.24) is 11.0 Å². The monoisotopic (exact) mass is 538 g/mol. The van der Waals surface area contributed by atoms with E-state index in [1.54, 1.807) is 71.8 Å². The summed E-state index contributed by atoms with van der Waals surface area (Å²) in [5.74, 6) is -2.27. The Hall–Kier alpha value is -3.64. The van der Waals surface area contributed by atoms with Gasteiger partial charge in [0, 0.05) is 0 Å². The van der Waals surface area contributed by atoms with E-state index >= 15 is 0 Å². The Kier molecular flexibility index (Phi) is 12.0. The largest absolute Gasteiger partial charge is 0.387 e. The first-order valence-electron chi connectivity index (χ1n) is 12.6. The molecule has 2 amide bonds. The van der Waals surface area contributed by atoms with Crippen LogP contribution in [0.25, 0.3) is 0 Å². The van der Waals surface area contributed by atoms with Gasteiger partial charge in [-0.25, -0.2) is 11.0 Å². The van der Waals surface area contributed by atoms with Crippen molar-refractivity contribution in [3.63, 3.8) is 0 Å². The van der Waals surface area contributed by atoms with Crippen LogP contribution in [0.1, 0.15) is 28.7 Å². The highest BCUT2D eigenvalue weighted by molar-refractivity contribution is 5.82. The van der Waals surface area contributed by atoms with Gasteiger partial charge in [-0.15, -0.1) is 0 Å². The van der Waals surface area contributed by atoms with Crippen molar-refractivity contribution in [2.75, 3.05) is 0 Å². The van der Waals surface area contributed by atoms with Crippen LogP contribution in [0.2, 0.25) is 0 Å². The minimum Gasteiger partial charge on any atom is -0.387 e. The summed E-state index contributed by atoms with van der Waals surface area (Å²) in [7, 11) is 0. The lowest BCUT2D eigenvalue weighted by Crippen LogP contribution is -2.55. The number of hydroxylamine groups is 2. The number of fused-ring (bicyclic) bond motifs is 1. The smallest absolute Gasteiger partial charge is 0.275 e. The average Bonchev–Trinajstić information content (AvgIpc) is 3.47. The number of aliphatic hydroxyl groups is 2. The number of aliphatic hydroxyl groups excluding tert-OH is 2. The van der Waals surface area contributed by atoms with Crippen LogP contribution in [-0.4, -0.2) is 56.9 Å². The summed E-state index contributed by atoms with van der Waals surface area (Å²) in [5, 5.41) is 38.9. The quantitative estimate of drug-likeness (QED) is 0.160. The Morgan fingerprint density at radius 1 is 0.641 bits per heavy atom. The summed E-state index contributed by atoms with van der Waals surface area (Å²) >= 11 is 0. The summed E-state index contributed by atoms with van der Waals surface area (Å²) in [6.07, 6.45) is -3.46. The van der Waals surface area contributed by atoms with E-state index in [2.05, 4.69) is 24.3 Å². The van der Waals surface area contributed by atoms with E-state index in [1.807, 2.05) is 0 Å². The summed E-state index contributed by atoms with van der Waals surface area (Å²) in [4.78, 5) is 23.9. The third kappa shape index (κ3) is 8.96. The van der Waals surface area contributed by atoms with E-state index in [4.69, 9.17) is 19.9 Å². The zero-order chi connectivity index (χ0) is 28.0. The molecule has 1 aliphatic carbocycles. The second kappa shape index (κ2) is 15.7. The summed E-state index contributed by atoms with van der Waals surface area (Å²) in [6, 6.07) is 26.1. The van der Waals surface area contributed by atoms with E-state index in [0.717, 1.165) is 0 Å². The van der Waals surface area contributed by atoms with Gasteiger partial charge >= 0.3 is 0 Å². The zero-order valence-corrected chi connectivity index (χ0v) is 21.3. The van der Waals surface area contributed by atoms with Gasteiger partial charge in [0.05, 0.1) is 13.2 Å². The lowest BCUT2D eigenvalue weighted by molar-refractivity contribution is -0.177. The molecular formula is C29H34N2O8. The summed E-state index contributed by atoms with van der Waals surface area (Å²) in [5.41, 5.74) is 7.17. The van der Waals surface area contributed by atoms with Crippen molar-refractivity contribution in [2.24, 2.45) is 0 Å². The molecule has 0 saturated heterocycles. The van der Waals surface area contributed by atoms with Crippen molar-refractivity contribution >= 4 is 11.8 Å². The number of aryl methyl sites for hydroxylation is 2. The van der Waals surface area contributed by atoms with Gasteiger partial charge in [-0.3, -0.25) is 20.0 Å². The van der Waals surface area contributed by atoms with Crippen molar-refractivity contribution in [3.05, 3.63) is 107 Å². The second-order valence-corrected chi connectivity index (χ2v) is 8.99. The topological polar surface area (TPSA) is 158 Å². The maximum atomic E-state index is 12.0. The third-order valence-corrected chi connectivity index (χ3v) is 6.26. The molecule has 0 aliphatic heterocycles. The molecule has 0 saturated carbocycles. The summed E-state index contributed by atoms with van der Waals surface area (Å²) in [6.45, 7) is -0.241. The molecule has 0 aromatic heterocycles. The van der Waals surface area contributed by atoms with E-state index in [0.29, 0.717) is 11.1 Å². The van der Waals surface area contributed by atoms with Crippen molar-refractivity contribution < 1.29 is 39.7 Å². The van der Waals surface area contributed by atoms with Crippen LogP contribution in [0.4, 0.5) is 0 Å². The second-order valence-electron chi connectivity index (χ2n) is 8.99. The predicted molar refractivity (Wildman–Crippen MR) is 140 cm³/mol. The third-order valence-electron chi connectivity index (χ3n) is 6.26. The molecular weight excluding hydrogens is 504 g/mol. The Labute approximate surface area is 226 Å². The van der Waals surface area contributed by atoms with Gasteiger partial charge in [0.25, 0.3) is 11.8 Å². The highest BCUT2D eigenvalue weighted by Gasteiger charge is 2.40. The number of amides is 2. The Morgan fingerprint density at radius 2 is 1.00 bits per heavy atom. The zero-order valence-electron chi connectivity index (χ0n) is 21.3. The van der Waals surface area contributed by atoms with Crippen LogP contribution in [0, 0.1) is 0 Å². The van der Waals surface area contributed by atoms with E-state index in [9.17, 15) is 19.8 Å². The van der Waals surface area contributed by atoms with Gasteiger partial charge in [-0.1, -0.05) is 84.9 Å². The Morgan fingerprint density at radius 3 is 1.36 bits per heavy atom. The molecule has 10 heteroatoms. The van der Waals surface area contributed by atoms with Crippen molar-refractivity contribution in [1.29, 1.82) is 0 Å². The normalized spacial score (nSPS) is 15.1. The van der Waals surface area contributed by atoms with Crippen LogP contribution < -0.4 is 11.0 Å². The number of ether oxygens (including phenoxy) is 2. The molecule has 3 aromatic carbocycles. The van der Waals surface area contributed by atoms with Crippen LogP contribution >= 0.6 is 0 Å². The molecule has 208 valence electrons. The summed E-state index contributed by atoms with van der Waals surface area (Å²) < 4.78 is 10.7. The Bertz CT molecular complexity index is 1070. The molecule has 10 nitrogen and oxygen atoms in total. The fourth-order valence-corrected chi connectivity index (χ4v) is 4.18. The highest BCUT2D eigenvalue weighted by Crippen LogP contribution is 2.20. The molecule has 0 bridgehead atoms. The maximum absolute atomic E-state index is 12.0. The number of carbonyl (C=O) groups is 2. The van der Waals surface area contributed by atoms with E-state index in [1.165, 1.54) is 30.2 Å². The van der Waals surface area contributed by atoms with Gasteiger partial charge in [0.1, 0.15) is 12.2 Å². The Balaban J connectivity index is 0.000000387. The fourth-order valence-electron chi connectivity index (χ4n) is 4.18. The first kappa shape index (κ1) is 29.9. The lowest BCUT2D eigenvalue weighted by Gasteiger charge is -2.29. The van der Waals surface area contributed by atoms with Crippen molar-refractivity contribution in [3.8, 4) is 0 Å². The maximum Gasteiger partial charge on any atom is 0.275 e. The molecule has 4 unspecified atom stereocenters. The number of nitrogens with one attached hydrogen (secondary N) is 2. The first-order valence-corrected chi connectivity index (χ1v) is 12.6. The number of benzene rings is 3. The van der Waals surface area contributed by atoms with E-state index in [-0.39, 0.29) is 13.2 Å². The molecule has 0 radical (unpaired) electrons. The molecule has 0 fully saturated rings. The van der Waals surface area contributed by atoms with Crippen LogP contribution in [0.3, 0.4) is 0 Å². The molecule has 3 aromatic rings. The van der Waals surface area contributed by atoms with Gasteiger partial charge < -0.3 is 19.7 Å². The number of carbonyl (C=O) groups excluding carboxylic acids is 2. The molecule has 0 heterocycles. The SMILES string of the molecule is O=C(NO)C(OCc1ccccc1)C(O)C(O)C(OCc1ccccc1)C(=O)NO.c1ccc2c(c1)CCC2. The molecule has 39 heavy (non-hydrogen) atoms. The lowest BCUT2D eigenvalue weighted by atomic mass is 10.0. The molecule has 4 atom stereocenters. The average molecular weight is 539 g/mol.